The Morgan fingerprint density at radius 2 is 1.93 bits per heavy atom. The number of anilines is 1. The minimum Gasteiger partial charge on any atom is -0.353 e. The number of aromatic nitrogens is 2. The molecular formula is C10H16N4. The van der Waals surface area contributed by atoms with Gasteiger partial charge in [-0.25, -0.2) is 9.97 Å². The molecule has 1 aliphatic heterocycles. The highest BCUT2D eigenvalue weighted by molar-refractivity contribution is 5.21. The molecule has 76 valence electrons. The van der Waals surface area contributed by atoms with Crippen molar-refractivity contribution in [3.63, 3.8) is 0 Å². The first kappa shape index (κ1) is 9.40. The highest BCUT2D eigenvalue weighted by Crippen LogP contribution is 2.06. The molecule has 0 amide bonds. The monoisotopic (exact) mass is 192 g/mol. The molecule has 4 nitrogen and oxygen atoms in total. The van der Waals surface area contributed by atoms with Gasteiger partial charge in [0.1, 0.15) is 0 Å². The highest BCUT2D eigenvalue weighted by Gasteiger charge is 2.10. The van der Waals surface area contributed by atoms with Crippen LogP contribution in [0, 0.1) is 0 Å². The Kier molecular flexibility index (Phi) is 3.29. The van der Waals surface area contributed by atoms with E-state index in [1.54, 1.807) is 12.4 Å². The third-order valence-electron chi connectivity index (χ3n) is 2.48. The van der Waals surface area contributed by atoms with Crippen molar-refractivity contribution < 1.29 is 0 Å². The standard InChI is InChI=1S/C10H16N4/c1-2-8-14(7-1)9-6-13-10-11-4-3-5-12-10/h3-5H,1-2,6-9H2,(H,11,12,13). The van der Waals surface area contributed by atoms with Crippen molar-refractivity contribution in [2.45, 2.75) is 12.8 Å². The fourth-order valence-electron chi connectivity index (χ4n) is 1.72. The molecule has 1 aliphatic rings. The molecule has 1 fully saturated rings. The minimum atomic E-state index is 0.728. The maximum absolute atomic E-state index is 4.10. The van der Waals surface area contributed by atoms with Gasteiger partial charge in [-0.15, -0.1) is 0 Å². The first-order valence-electron chi connectivity index (χ1n) is 5.18. The molecule has 4 heteroatoms. The summed E-state index contributed by atoms with van der Waals surface area (Å²) in [4.78, 5) is 10.7. The molecule has 2 heterocycles. The van der Waals surface area contributed by atoms with Gasteiger partial charge in [0.15, 0.2) is 0 Å². The van der Waals surface area contributed by atoms with E-state index in [0.717, 1.165) is 19.0 Å². The summed E-state index contributed by atoms with van der Waals surface area (Å²) in [6, 6.07) is 1.83. The molecule has 0 saturated carbocycles. The van der Waals surface area contributed by atoms with Crippen LogP contribution < -0.4 is 5.32 Å². The Morgan fingerprint density at radius 1 is 1.21 bits per heavy atom. The van der Waals surface area contributed by atoms with E-state index in [2.05, 4.69) is 20.2 Å². The highest BCUT2D eigenvalue weighted by atomic mass is 15.2. The number of hydrogen-bond donors (Lipinski definition) is 1. The summed E-state index contributed by atoms with van der Waals surface area (Å²) in [6.07, 6.45) is 6.21. The van der Waals surface area contributed by atoms with Crippen LogP contribution >= 0.6 is 0 Å². The van der Waals surface area contributed by atoms with Crippen LogP contribution in [0.3, 0.4) is 0 Å². The minimum absolute atomic E-state index is 0.728. The first-order chi connectivity index (χ1) is 6.95. The van der Waals surface area contributed by atoms with Crippen LogP contribution in [0.15, 0.2) is 18.5 Å². The van der Waals surface area contributed by atoms with E-state index in [1.165, 1.54) is 25.9 Å². The fraction of sp³-hybridized carbons (Fsp3) is 0.600. The smallest absolute Gasteiger partial charge is 0.222 e. The van der Waals surface area contributed by atoms with Gasteiger partial charge in [-0.2, -0.15) is 0 Å². The summed E-state index contributed by atoms with van der Waals surface area (Å²) in [7, 11) is 0. The van der Waals surface area contributed by atoms with E-state index >= 15 is 0 Å². The molecule has 0 unspecified atom stereocenters. The second kappa shape index (κ2) is 4.91. The summed E-state index contributed by atoms with van der Waals surface area (Å²) in [5.74, 6) is 0.728. The third kappa shape index (κ3) is 2.67. The lowest BCUT2D eigenvalue weighted by molar-refractivity contribution is 0.352. The predicted octanol–water partition coefficient (Wildman–Crippen LogP) is 0.984. The maximum Gasteiger partial charge on any atom is 0.222 e. The third-order valence-corrected chi connectivity index (χ3v) is 2.48. The van der Waals surface area contributed by atoms with Crippen molar-refractivity contribution >= 4 is 5.95 Å². The zero-order valence-electron chi connectivity index (χ0n) is 8.32. The summed E-state index contributed by atoms with van der Waals surface area (Å²) in [5, 5.41) is 3.21. The maximum atomic E-state index is 4.10. The molecule has 1 saturated heterocycles. The molecule has 0 bridgehead atoms. The Bertz CT molecular complexity index is 256. The fourth-order valence-corrected chi connectivity index (χ4v) is 1.72. The normalized spacial score (nSPS) is 17.1. The number of likely N-dealkylation sites (tertiary alicyclic amines) is 1. The summed E-state index contributed by atoms with van der Waals surface area (Å²) in [5.41, 5.74) is 0. The average Bonchev–Trinajstić information content (AvgIpc) is 2.72. The van der Waals surface area contributed by atoms with Gasteiger partial charge >= 0.3 is 0 Å². The lowest BCUT2D eigenvalue weighted by Gasteiger charge is -2.14. The quantitative estimate of drug-likeness (QED) is 0.772. The average molecular weight is 192 g/mol. The lowest BCUT2D eigenvalue weighted by Crippen LogP contribution is -2.26. The van der Waals surface area contributed by atoms with E-state index in [-0.39, 0.29) is 0 Å². The second-order valence-corrected chi connectivity index (χ2v) is 3.55. The molecule has 0 spiro atoms. The van der Waals surface area contributed by atoms with E-state index < -0.39 is 0 Å². The Labute approximate surface area is 84.4 Å². The summed E-state index contributed by atoms with van der Waals surface area (Å²) < 4.78 is 0. The van der Waals surface area contributed by atoms with Crippen LogP contribution in [0.25, 0.3) is 0 Å². The summed E-state index contributed by atoms with van der Waals surface area (Å²) >= 11 is 0. The van der Waals surface area contributed by atoms with E-state index in [1.807, 2.05) is 6.07 Å². The molecule has 1 aromatic heterocycles. The number of nitrogens with zero attached hydrogens (tertiary/aromatic N) is 3. The zero-order chi connectivity index (χ0) is 9.64. The van der Waals surface area contributed by atoms with Crippen molar-refractivity contribution in [1.29, 1.82) is 0 Å². The van der Waals surface area contributed by atoms with Crippen molar-refractivity contribution in [3.8, 4) is 0 Å². The van der Waals surface area contributed by atoms with Crippen LogP contribution in [-0.4, -0.2) is 41.0 Å². The van der Waals surface area contributed by atoms with Gasteiger partial charge in [-0.05, 0) is 32.0 Å². The van der Waals surface area contributed by atoms with Crippen LogP contribution in [0.1, 0.15) is 12.8 Å². The van der Waals surface area contributed by atoms with Crippen LogP contribution in [0.5, 0.6) is 0 Å². The Morgan fingerprint density at radius 3 is 2.64 bits per heavy atom. The van der Waals surface area contributed by atoms with Gasteiger partial charge in [0.25, 0.3) is 0 Å². The summed E-state index contributed by atoms with van der Waals surface area (Å²) in [6.45, 7) is 4.52. The largest absolute Gasteiger partial charge is 0.353 e. The van der Waals surface area contributed by atoms with Gasteiger partial charge < -0.3 is 10.2 Å². The Hall–Kier alpha value is -1.16. The SMILES string of the molecule is c1cnc(NCCN2CCCC2)nc1. The van der Waals surface area contributed by atoms with Gasteiger partial charge in [-0.3, -0.25) is 0 Å². The van der Waals surface area contributed by atoms with E-state index in [0.29, 0.717) is 0 Å². The molecule has 0 aliphatic carbocycles. The second-order valence-electron chi connectivity index (χ2n) is 3.55. The molecule has 2 rings (SSSR count). The van der Waals surface area contributed by atoms with Crippen molar-refractivity contribution in [1.82, 2.24) is 14.9 Å². The van der Waals surface area contributed by atoms with E-state index in [4.69, 9.17) is 0 Å². The van der Waals surface area contributed by atoms with Gasteiger partial charge in [-0.1, -0.05) is 0 Å². The van der Waals surface area contributed by atoms with Gasteiger partial charge in [0.05, 0.1) is 0 Å². The van der Waals surface area contributed by atoms with Crippen LogP contribution in [0.4, 0.5) is 5.95 Å². The number of rotatable bonds is 4. The molecule has 14 heavy (non-hydrogen) atoms. The van der Waals surface area contributed by atoms with Crippen molar-refractivity contribution in [3.05, 3.63) is 18.5 Å². The van der Waals surface area contributed by atoms with Crippen molar-refractivity contribution in [2.24, 2.45) is 0 Å². The van der Waals surface area contributed by atoms with Crippen LogP contribution in [-0.2, 0) is 0 Å². The zero-order valence-corrected chi connectivity index (χ0v) is 8.32. The molecule has 0 atom stereocenters. The molecular weight excluding hydrogens is 176 g/mol. The molecule has 0 radical (unpaired) electrons. The molecule has 1 N–H and O–H groups in total. The van der Waals surface area contributed by atoms with Crippen LogP contribution in [0.2, 0.25) is 0 Å². The molecule has 1 aromatic rings. The van der Waals surface area contributed by atoms with Gasteiger partial charge in [0, 0.05) is 25.5 Å². The van der Waals surface area contributed by atoms with Gasteiger partial charge in [0.2, 0.25) is 5.95 Å². The first-order valence-corrected chi connectivity index (χ1v) is 5.18. The Balaban J connectivity index is 1.67. The van der Waals surface area contributed by atoms with Crippen molar-refractivity contribution in [2.75, 3.05) is 31.5 Å². The predicted molar refractivity (Wildman–Crippen MR) is 56.2 cm³/mol. The number of hydrogen-bond acceptors (Lipinski definition) is 4. The van der Waals surface area contributed by atoms with E-state index in [9.17, 15) is 0 Å². The lowest BCUT2D eigenvalue weighted by atomic mass is 10.4. The molecule has 0 aromatic carbocycles. The number of nitrogens with one attached hydrogen (secondary N) is 1. The topological polar surface area (TPSA) is 41.1 Å².